The van der Waals surface area contributed by atoms with Gasteiger partial charge in [-0.25, -0.2) is 0 Å². The standard InChI is InChI=1S/C12H17NO3/c1-10(12(14)15)9-13-7-8-16-11-5-3-2-4-6-11/h2-6,10,13H,7-9H2,1H3,(H,14,15). The molecule has 0 saturated heterocycles. The lowest BCUT2D eigenvalue weighted by molar-refractivity contribution is -0.140. The molecule has 2 N–H and O–H groups in total. The summed E-state index contributed by atoms with van der Waals surface area (Å²) in [5, 5.41) is 11.7. The molecule has 0 aliphatic heterocycles. The number of nitrogens with one attached hydrogen (secondary N) is 1. The van der Waals surface area contributed by atoms with E-state index in [9.17, 15) is 4.79 Å². The first kappa shape index (κ1) is 12.5. The molecule has 0 aromatic heterocycles. The Labute approximate surface area is 95.2 Å². The Morgan fingerprint density at radius 3 is 2.75 bits per heavy atom. The molecule has 0 aliphatic carbocycles. The summed E-state index contributed by atoms with van der Waals surface area (Å²) in [4.78, 5) is 10.5. The molecule has 0 bridgehead atoms. The number of benzene rings is 1. The summed E-state index contributed by atoms with van der Waals surface area (Å²) in [6, 6.07) is 9.53. The van der Waals surface area contributed by atoms with Gasteiger partial charge in [0.1, 0.15) is 12.4 Å². The van der Waals surface area contributed by atoms with Crippen molar-refractivity contribution in [3.05, 3.63) is 30.3 Å². The van der Waals surface area contributed by atoms with E-state index in [2.05, 4.69) is 5.32 Å². The maximum atomic E-state index is 10.5. The molecule has 0 amide bonds. The Balaban J connectivity index is 2.07. The first-order valence-corrected chi connectivity index (χ1v) is 5.31. The van der Waals surface area contributed by atoms with Crippen LogP contribution >= 0.6 is 0 Å². The van der Waals surface area contributed by atoms with Crippen LogP contribution in [0.15, 0.2) is 30.3 Å². The van der Waals surface area contributed by atoms with E-state index in [0.29, 0.717) is 19.7 Å². The topological polar surface area (TPSA) is 58.6 Å². The molecule has 1 unspecified atom stereocenters. The van der Waals surface area contributed by atoms with Gasteiger partial charge in [-0.05, 0) is 12.1 Å². The molecule has 0 spiro atoms. The van der Waals surface area contributed by atoms with Crippen molar-refractivity contribution in [1.82, 2.24) is 5.32 Å². The van der Waals surface area contributed by atoms with Crippen molar-refractivity contribution in [1.29, 1.82) is 0 Å². The van der Waals surface area contributed by atoms with Gasteiger partial charge in [-0.2, -0.15) is 0 Å². The van der Waals surface area contributed by atoms with Gasteiger partial charge in [0.15, 0.2) is 0 Å². The molecule has 0 radical (unpaired) electrons. The van der Waals surface area contributed by atoms with Gasteiger partial charge in [0.25, 0.3) is 0 Å². The van der Waals surface area contributed by atoms with E-state index in [4.69, 9.17) is 9.84 Å². The van der Waals surface area contributed by atoms with Gasteiger partial charge >= 0.3 is 5.97 Å². The fraction of sp³-hybridized carbons (Fsp3) is 0.417. The zero-order valence-electron chi connectivity index (χ0n) is 9.35. The van der Waals surface area contributed by atoms with E-state index in [-0.39, 0.29) is 5.92 Å². The van der Waals surface area contributed by atoms with E-state index in [1.54, 1.807) is 6.92 Å². The molecule has 0 aliphatic rings. The van der Waals surface area contributed by atoms with Gasteiger partial charge in [0.2, 0.25) is 0 Å². The third-order valence-corrected chi connectivity index (χ3v) is 2.16. The van der Waals surface area contributed by atoms with Crippen molar-refractivity contribution in [3.63, 3.8) is 0 Å². The number of hydrogen-bond donors (Lipinski definition) is 2. The average molecular weight is 223 g/mol. The molecule has 4 nitrogen and oxygen atoms in total. The minimum absolute atomic E-state index is 0.364. The molecule has 1 aromatic rings. The van der Waals surface area contributed by atoms with Crippen molar-refractivity contribution in [2.24, 2.45) is 5.92 Å². The fourth-order valence-electron chi connectivity index (χ4n) is 1.16. The van der Waals surface area contributed by atoms with Gasteiger partial charge < -0.3 is 15.2 Å². The van der Waals surface area contributed by atoms with Crippen LogP contribution in [0.1, 0.15) is 6.92 Å². The summed E-state index contributed by atoms with van der Waals surface area (Å²) in [6.07, 6.45) is 0. The van der Waals surface area contributed by atoms with Gasteiger partial charge in [-0.15, -0.1) is 0 Å². The summed E-state index contributed by atoms with van der Waals surface area (Å²) in [7, 11) is 0. The average Bonchev–Trinajstić information content (AvgIpc) is 2.29. The molecular formula is C12H17NO3. The summed E-state index contributed by atoms with van der Waals surface area (Å²) < 4.78 is 5.44. The van der Waals surface area contributed by atoms with Crippen LogP contribution < -0.4 is 10.1 Å². The zero-order valence-corrected chi connectivity index (χ0v) is 9.35. The van der Waals surface area contributed by atoms with Crippen molar-refractivity contribution in [3.8, 4) is 5.75 Å². The smallest absolute Gasteiger partial charge is 0.307 e. The minimum Gasteiger partial charge on any atom is -0.492 e. The van der Waals surface area contributed by atoms with E-state index in [0.717, 1.165) is 5.75 Å². The highest BCUT2D eigenvalue weighted by molar-refractivity contribution is 5.69. The van der Waals surface area contributed by atoms with Gasteiger partial charge in [-0.1, -0.05) is 25.1 Å². The van der Waals surface area contributed by atoms with E-state index in [1.165, 1.54) is 0 Å². The predicted molar refractivity (Wildman–Crippen MR) is 61.6 cm³/mol. The first-order valence-electron chi connectivity index (χ1n) is 5.31. The molecule has 88 valence electrons. The molecule has 0 fully saturated rings. The summed E-state index contributed by atoms with van der Waals surface area (Å²) in [6.45, 7) is 3.32. The van der Waals surface area contributed by atoms with E-state index < -0.39 is 5.97 Å². The maximum Gasteiger partial charge on any atom is 0.307 e. The lowest BCUT2D eigenvalue weighted by Gasteiger charge is -2.09. The molecular weight excluding hydrogens is 206 g/mol. The molecule has 0 saturated carbocycles. The monoisotopic (exact) mass is 223 g/mol. The number of para-hydroxylation sites is 1. The Bertz CT molecular complexity index is 313. The lowest BCUT2D eigenvalue weighted by Crippen LogP contribution is -2.29. The van der Waals surface area contributed by atoms with Crippen LogP contribution in [0.25, 0.3) is 0 Å². The zero-order chi connectivity index (χ0) is 11.8. The molecule has 1 atom stereocenters. The lowest BCUT2D eigenvalue weighted by atomic mass is 10.2. The Morgan fingerprint density at radius 2 is 2.12 bits per heavy atom. The van der Waals surface area contributed by atoms with Crippen molar-refractivity contribution < 1.29 is 14.6 Å². The third-order valence-electron chi connectivity index (χ3n) is 2.16. The first-order chi connectivity index (χ1) is 7.70. The third kappa shape index (κ3) is 4.79. The predicted octanol–water partition coefficient (Wildman–Crippen LogP) is 1.38. The van der Waals surface area contributed by atoms with Crippen LogP contribution in [-0.4, -0.2) is 30.8 Å². The van der Waals surface area contributed by atoms with E-state index in [1.807, 2.05) is 30.3 Å². The van der Waals surface area contributed by atoms with Crippen LogP contribution in [0.3, 0.4) is 0 Å². The van der Waals surface area contributed by atoms with Crippen LogP contribution in [0.4, 0.5) is 0 Å². The fourth-order valence-corrected chi connectivity index (χ4v) is 1.16. The SMILES string of the molecule is CC(CNCCOc1ccccc1)C(=O)O. The summed E-state index contributed by atoms with van der Waals surface area (Å²) >= 11 is 0. The van der Waals surface area contributed by atoms with Crippen molar-refractivity contribution >= 4 is 5.97 Å². The molecule has 0 heterocycles. The quantitative estimate of drug-likeness (QED) is 0.685. The number of carbonyl (C=O) groups is 1. The molecule has 16 heavy (non-hydrogen) atoms. The molecule has 1 rings (SSSR count). The second-order valence-corrected chi connectivity index (χ2v) is 3.60. The maximum absolute atomic E-state index is 10.5. The Morgan fingerprint density at radius 1 is 1.44 bits per heavy atom. The van der Waals surface area contributed by atoms with Crippen LogP contribution in [0.5, 0.6) is 5.75 Å². The molecule has 1 aromatic carbocycles. The number of carboxylic acids is 1. The Hall–Kier alpha value is -1.55. The highest BCUT2D eigenvalue weighted by atomic mass is 16.5. The minimum atomic E-state index is -0.781. The van der Waals surface area contributed by atoms with E-state index >= 15 is 0 Å². The van der Waals surface area contributed by atoms with Gasteiger partial charge in [0, 0.05) is 13.1 Å². The second kappa shape index (κ2) is 6.85. The van der Waals surface area contributed by atoms with Crippen LogP contribution in [0, 0.1) is 5.92 Å². The number of rotatable bonds is 7. The summed E-state index contributed by atoms with van der Waals surface area (Å²) in [5.74, 6) is -0.316. The van der Waals surface area contributed by atoms with Crippen molar-refractivity contribution in [2.45, 2.75) is 6.92 Å². The largest absolute Gasteiger partial charge is 0.492 e. The number of carboxylic acid groups (broad SMARTS) is 1. The normalized spacial score (nSPS) is 12.1. The van der Waals surface area contributed by atoms with Gasteiger partial charge in [-0.3, -0.25) is 4.79 Å². The molecule has 4 heteroatoms. The number of aliphatic carboxylic acids is 1. The van der Waals surface area contributed by atoms with Gasteiger partial charge in [0.05, 0.1) is 5.92 Å². The van der Waals surface area contributed by atoms with Crippen LogP contribution in [-0.2, 0) is 4.79 Å². The van der Waals surface area contributed by atoms with Crippen LogP contribution in [0.2, 0.25) is 0 Å². The van der Waals surface area contributed by atoms with Crippen molar-refractivity contribution in [2.75, 3.05) is 19.7 Å². The number of hydrogen-bond acceptors (Lipinski definition) is 3. The highest BCUT2D eigenvalue weighted by Gasteiger charge is 2.08. The summed E-state index contributed by atoms with van der Waals surface area (Å²) in [5.41, 5.74) is 0. The highest BCUT2D eigenvalue weighted by Crippen LogP contribution is 2.07. The second-order valence-electron chi connectivity index (χ2n) is 3.60. The Kier molecular flexibility index (Phi) is 5.36. The number of ether oxygens (including phenoxy) is 1.